The fourth-order valence-electron chi connectivity index (χ4n) is 1.76. The number of benzene rings is 1. The number of ether oxygens (including phenoxy) is 1. The summed E-state index contributed by atoms with van der Waals surface area (Å²) in [5.41, 5.74) is 7.03. The molecule has 2 rings (SSSR count). The van der Waals surface area contributed by atoms with E-state index in [1.54, 1.807) is 0 Å². The number of halogens is 5. The average Bonchev–Trinajstić information content (AvgIpc) is 2.37. The Bertz CT molecular complexity index is 612. The number of hydrogen-bond donors (Lipinski definition) is 1. The van der Waals surface area contributed by atoms with E-state index < -0.39 is 12.4 Å². The van der Waals surface area contributed by atoms with Gasteiger partial charge in [0, 0.05) is 18.0 Å². The summed E-state index contributed by atoms with van der Waals surface area (Å²) in [6.45, 7) is 0. The van der Waals surface area contributed by atoms with Crippen molar-refractivity contribution in [2.45, 2.75) is 12.4 Å². The van der Waals surface area contributed by atoms with Gasteiger partial charge in [0.15, 0.2) is 0 Å². The summed E-state index contributed by atoms with van der Waals surface area (Å²) in [5, 5.41) is 0.566. The van der Waals surface area contributed by atoms with E-state index in [-0.39, 0.29) is 15.8 Å². The van der Waals surface area contributed by atoms with Gasteiger partial charge in [0.2, 0.25) is 0 Å². The zero-order valence-electron chi connectivity index (χ0n) is 10.4. The molecule has 0 aliphatic carbocycles. The van der Waals surface area contributed by atoms with Gasteiger partial charge in [-0.3, -0.25) is 4.98 Å². The number of pyridine rings is 1. The number of nitrogens with two attached hydrogens (primary N) is 1. The lowest BCUT2D eigenvalue weighted by Gasteiger charge is -2.16. The third kappa shape index (κ3) is 4.00. The summed E-state index contributed by atoms with van der Waals surface area (Å²) >= 11 is 12.0. The standard InChI is InChI=1S/C13H9Cl2F3N2O/c14-9-5-20-6-10(15)11(9)12(19)7-1-3-8(4-2-7)21-13(16,17)18/h1-6,12H,19H2/t12-/m1/s1. The van der Waals surface area contributed by atoms with Gasteiger partial charge in [0.1, 0.15) is 5.75 Å². The molecule has 0 fully saturated rings. The zero-order valence-corrected chi connectivity index (χ0v) is 11.9. The maximum atomic E-state index is 12.1. The van der Waals surface area contributed by atoms with Crippen LogP contribution in [0.15, 0.2) is 36.7 Å². The molecule has 1 heterocycles. The molecule has 2 aromatic rings. The van der Waals surface area contributed by atoms with Crippen LogP contribution >= 0.6 is 23.2 Å². The molecule has 21 heavy (non-hydrogen) atoms. The van der Waals surface area contributed by atoms with Crippen LogP contribution in [0.2, 0.25) is 10.0 Å². The van der Waals surface area contributed by atoms with E-state index in [2.05, 4.69) is 9.72 Å². The number of alkyl halides is 3. The van der Waals surface area contributed by atoms with Gasteiger partial charge in [-0.25, -0.2) is 0 Å². The van der Waals surface area contributed by atoms with Crippen LogP contribution in [0.3, 0.4) is 0 Å². The summed E-state index contributed by atoms with van der Waals surface area (Å²) in [6, 6.07) is 4.49. The van der Waals surface area contributed by atoms with Crippen molar-refractivity contribution in [2.24, 2.45) is 5.73 Å². The molecule has 2 N–H and O–H groups in total. The predicted octanol–water partition coefficient (Wildman–Crippen LogP) is 4.34. The Hall–Kier alpha value is -1.50. The Kier molecular flexibility index (Phi) is 4.61. The molecule has 0 unspecified atom stereocenters. The predicted molar refractivity (Wildman–Crippen MR) is 73.4 cm³/mol. The third-order valence-electron chi connectivity index (χ3n) is 2.67. The molecule has 0 aliphatic rings. The Morgan fingerprint density at radius 2 is 1.57 bits per heavy atom. The minimum absolute atomic E-state index is 0.283. The van der Waals surface area contributed by atoms with Gasteiger partial charge in [0.05, 0.1) is 16.1 Å². The molecule has 0 aliphatic heterocycles. The van der Waals surface area contributed by atoms with Gasteiger partial charge in [-0.1, -0.05) is 35.3 Å². The molecule has 0 bridgehead atoms. The topological polar surface area (TPSA) is 48.1 Å². The highest BCUT2D eigenvalue weighted by Gasteiger charge is 2.31. The van der Waals surface area contributed by atoms with Crippen molar-refractivity contribution >= 4 is 23.2 Å². The average molecular weight is 337 g/mol. The molecule has 0 radical (unpaired) electrons. The molecule has 0 saturated carbocycles. The monoisotopic (exact) mass is 336 g/mol. The van der Waals surface area contributed by atoms with E-state index in [0.29, 0.717) is 11.1 Å². The fraction of sp³-hybridized carbons (Fsp3) is 0.154. The van der Waals surface area contributed by atoms with Crippen LogP contribution in [0.4, 0.5) is 13.2 Å². The fourth-order valence-corrected chi connectivity index (χ4v) is 2.36. The molecule has 8 heteroatoms. The van der Waals surface area contributed by atoms with Crippen LogP contribution in [0, 0.1) is 0 Å². The second-order valence-electron chi connectivity index (χ2n) is 4.11. The molecular weight excluding hydrogens is 328 g/mol. The quantitative estimate of drug-likeness (QED) is 0.907. The number of hydrogen-bond acceptors (Lipinski definition) is 3. The Labute approximate surface area is 128 Å². The highest BCUT2D eigenvalue weighted by molar-refractivity contribution is 6.35. The summed E-state index contributed by atoms with van der Waals surface area (Å²) in [6.07, 6.45) is -1.95. The maximum Gasteiger partial charge on any atom is 0.573 e. The molecule has 0 spiro atoms. The lowest BCUT2D eigenvalue weighted by Crippen LogP contribution is -2.17. The molecule has 0 saturated heterocycles. The number of nitrogens with zero attached hydrogens (tertiary/aromatic N) is 1. The van der Waals surface area contributed by atoms with Crippen LogP contribution in [-0.4, -0.2) is 11.3 Å². The maximum absolute atomic E-state index is 12.1. The van der Waals surface area contributed by atoms with Crippen LogP contribution in [-0.2, 0) is 0 Å². The smallest absolute Gasteiger partial charge is 0.406 e. The van der Waals surface area contributed by atoms with Gasteiger partial charge in [-0.05, 0) is 17.7 Å². The van der Waals surface area contributed by atoms with Gasteiger partial charge in [-0.2, -0.15) is 0 Å². The lowest BCUT2D eigenvalue weighted by molar-refractivity contribution is -0.274. The van der Waals surface area contributed by atoms with Crippen molar-refractivity contribution in [1.82, 2.24) is 4.98 Å². The van der Waals surface area contributed by atoms with E-state index in [1.165, 1.54) is 36.7 Å². The van der Waals surface area contributed by atoms with Gasteiger partial charge < -0.3 is 10.5 Å². The second-order valence-corrected chi connectivity index (χ2v) is 4.93. The summed E-state index contributed by atoms with van der Waals surface area (Å²) in [4.78, 5) is 3.81. The van der Waals surface area contributed by atoms with E-state index >= 15 is 0 Å². The normalized spacial score (nSPS) is 13.0. The summed E-state index contributed by atoms with van der Waals surface area (Å²) in [7, 11) is 0. The Morgan fingerprint density at radius 3 is 2.05 bits per heavy atom. The SMILES string of the molecule is N[C@H](c1ccc(OC(F)(F)F)cc1)c1c(Cl)cncc1Cl. The Morgan fingerprint density at radius 1 is 1.05 bits per heavy atom. The van der Waals surface area contributed by atoms with E-state index in [4.69, 9.17) is 28.9 Å². The van der Waals surface area contributed by atoms with Crippen molar-refractivity contribution in [3.8, 4) is 5.75 Å². The van der Waals surface area contributed by atoms with E-state index in [0.717, 1.165) is 0 Å². The van der Waals surface area contributed by atoms with Crippen molar-refractivity contribution in [3.05, 3.63) is 57.8 Å². The third-order valence-corrected chi connectivity index (χ3v) is 3.28. The lowest BCUT2D eigenvalue weighted by atomic mass is 10.0. The largest absolute Gasteiger partial charge is 0.573 e. The van der Waals surface area contributed by atoms with Gasteiger partial charge >= 0.3 is 6.36 Å². The molecular formula is C13H9Cl2F3N2O. The van der Waals surface area contributed by atoms with Crippen LogP contribution in [0.5, 0.6) is 5.75 Å². The number of aromatic nitrogens is 1. The first-order valence-corrected chi connectivity index (χ1v) is 6.43. The highest BCUT2D eigenvalue weighted by Crippen LogP contribution is 2.32. The molecule has 1 aromatic heterocycles. The Balaban J connectivity index is 2.26. The van der Waals surface area contributed by atoms with Crippen LogP contribution in [0.1, 0.15) is 17.2 Å². The first-order valence-electron chi connectivity index (χ1n) is 5.68. The van der Waals surface area contributed by atoms with E-state index in [9.17, 15) is 13.2 Å². The second kappa shape index (κ2) is 6.09. The zero-order chi connectivity index (χ0) is 15.6. The van der Waals surface area contributed by atoms with Crippen LogP contribution in [0.25, 0.3) is 0 Å². The molecule has 1 aromatic carbocycles. The summed E-state index contributed by atoms with van der Waals surface area (Å²) < 4.78 is 40.0. The van der Waals surface area contributed by atoms with Crippen molar-refractivity contribution in [2.75, 3.05) is 0 Å². The minimum atomic E-state index is -4.73. The van der Waals surface area contributed by atoms with Crippen molar-refractivity contribution in [3.63, 3.8) is 0 Å². The minimum Gasteiger partial charge on any atom is -0.406 e. The first kappa shape index (κ1) is 15.9. The molecule has 112 valence electrons. The highest BCUT2D eigenvalue weighted by atomic mass is 35.5. The van der Waals surface area contributed by atoms with Gasteiger partial charge in [0.25, 0.3) is 0 Å². The summed E-state index contributed by atoms with van der Waals surface area (Å²) in [5.74, 6) is -0.328. The van der Waals surface area contributed by atoms with Crippen LogP contribution < -0.4 is 10.5 Å². The number of rotatable bonds is 3. The van der Waals surface area contributed by atoms with Gasteiger partial charge in [-0.15, -0.1) is 13.2 Å². The first-order chi connectivity index (χ1) is 9.78. The molecule has 0 amide bonds. The van der Waals surface area contributed by atoms with Crippen molar-refractivity contribution < 1.29 is 17.9 Å². The van der Waals surface area contributed by atoms with Crippen molar-refractivity contribution in [1.29, 1.82) is 0 Å². The van der Waals surface area contributed by atoms with E-state index in [1.807, 2.05) is 0 Å². The molecule has 1 atom stereocenters. The molecule has 3 nitrogen and oxygen atoms in total.